The molecule has 2 aromatic carbocycles. The fourth-order valence-corrected chi connectivity index (χ4v) is 4.69. The highest BCUT2D eigenvalue weighted by Crippen LogP contribution is 2.28. The fourth-order valence-electron chi connectivity index (χ4n) is 4.07. The Bertz CT molecular complexity index is 1110. The number of H-pyrrole nitrogens is 1. The topological polar surface area (TPSA) is 109 Å². The smallest absolute Gasteiger partial charge is 0.257 e. The Morgan fingerprint density at radius 2 is 1.85 bits per heavy atom. The number of nitrogens with one attached hydrogen (secondary N) is 3. The Morgan fingerprint density at radius 1 is 1.09 bits per heavy atom. The van der Waals surface area contributed by atoms with E-state index in [4.69, 9.17) is 4.74 Å². The van der Waals surface area contributed by atoms with Crippen LogP contribution in [0.15, 0.2) is 53.7 Å². The number of aromatic nitrogens is 3. The predicted molar refractivity (Wildman–Crippen MR) is 133 cm³/mol. The van der Waals surface area contributed by atoms with Crippen molar-refractivity contribution in [2.45, 2.75) is 43.7 Å². The number of hydrogen-bond donors (Lipinski definition) is 3. The van der Waals surface area contributed by atoms with Crippen LogP contribution in [-0.2, 0) is 11.2 Å². The van der Waals surface area contributed by atoms with Crippen LogP contribution >= 0.6 is 11.8 Å². The molecule has 9 heteroatoms. The number of amides is 2. The summed E-state index contributed by atoms with van der Waals surface area (Å²) >= 11 is 1.27. The minimum absolute atomic E-state index is 0.147. The number of nitrogens with zero attached hydrogens (tertiary/aromatic N) is 2. The highest BCUT2D eigenvalue weighted by molar-refractivity contribution is 7.99. The number of carbonyl (C=O) groups is 2. The van der Waals surface area contributed by atoms with Crippen molar-refractivity contribution in [3.63, 3.8) is 0 Å². The van der Waals surface area contributed by atoms with Crippen LogP contribution in [0.1, 0.15) is 48.3 Å². The van der Waals surface area contributed by atoms with Crippen molar-refractivity contribution in [2.75, 3.05) is 23.5 Å². The molecule has 34 heavy (non-hydrogen) atoms. The van der Waals surface area contributed by atoms with Crippen LogP contribution in [0.4, 0.5) is 11.4 Å². The first-order valence-electron chi connectivity index (χ1n) is 11.5. The molecule has 0 atom stereocenters. The van der Waals surface area contributed by atoms with Crippen molar-refractivity contribution in [3.8, 4) is 5.75 Å². The molecule has 0 aliphatic heterocycles. The molecule has 0 spiro atoms. The van der Waals surface area contributed by atoms with Crippen LogP contribution in [0.25, 0.3) is 0 Å². The lowest BCUT2D eigenvalue weighted by Gasteiger charge is -2.11. The summed E-state index contributed by atoms with van der Waals surface area (Å²) in [4.78, 5) is 29.8. The molecule has 1 heterocycles. The number of benzene rings is 2. The molecular formula is C25H29N5O3S. The van der Waals surface area contributed by atoms with E-state index >= 15 is 0 Å². The van der Waals surface area contributed by atoms with Gasteiger partial charge in [-0.1, -0.05) is 49.6 Å². The minimum atomic E-state index is -0.311. The quantitative estimate of drug-likeness (QED) is 0.356. The first kappa shape index (κ1) is 23.8. The van der Waals surface area contributed by atoms with Gasteiger partial charge in [0, 0.05) is 12.1 Å². The normalized spacial score (nSPS) is 13.6. The number of thioether (sulfide) groups is 1. The number of carbonyl (C=O) groups excluding carboxylic acids is 2. The molecule has 2 amide bonds. The van der Waals surface area contributed by atoms with Gasteiger partial charge in [-0.2, -0.15) is 0 Å². The minimum Gasteiger partial charge on any atom is -0.497 e. The molecule has 1 aliphatic carbocycles. The molecule has 0 radical (unpaired) electrons. The van der Waals surface area contributed by atoms with Gasteiger partial charge in [-0.05, 0) is 48.7 Å². The number of anilines is 2. The summed E-state index contributed by atoms with van der Waals surface area (Å²) in [6.07, 6.45) is 7.33. The molecule has 1 aliphatic rings. The van der Waals surface area contributed by atoms with Gasteiger partial charge in [-0.25, -0.2) is 4.98 Å². The van der Waals surface area contributed by atoms with E-state index in [2.05, 4.69) is 25.8 Å². The van der Waals surface area contributed by atoms with E-state index in [1.807, 2.05) is 0 Å². The number of rotatable bonds is 10. The van der Waals surface area contributed by atoms with Crippen molar-refractivity contribution in [3.05, 3.63) is 59.9 Å². The van der Waals surface area contributed by atoms with E-state index in [1.165, 1.54) is 37.4 Å². The Kier molecular flexibility index (Phi) is 8.19. The summed E-state index contributed by atoms with van der Waals surface area (Å²) in [7, 11) is 1.59. The molecule has 4 rings (SSSR count). The molecule has 178 valence electrons. The molecular weight excluding hydrogens is 450 g/mol. The average Bonchev–Trinajstić information content (AvgIpc) is 3.54. The Balaban J connectivity index is 1.29. The number of aryl methyl sites for hydroxylation is 1. The van der Waals surface area contributed by atoms with E-state index in [0.717, 1.165) is 24.6 Å². The maximum atomic E-state index is 12.8. The van der Waals surface area contributed by atoms with E-state index in [9.17, 15) is 9.59 Å². The first-order chi connectivity index (χ1) is 16.6. The number of hydrogen-bond acceptors (Lipinski definition) is 6. The molecule has 0 bridgehead atoms. The Morgan fingerprint density at radius 3 is 2.62 bits per heavy atom. The summed E-state index contributed by atoms with van der Waals surface area (Å²) < 4.78 is 5.14. The van der Waals surface area contributed by atoms with Gasteiger partial charge in [-0.3, -0.25) is 14.7 Å². The van der Waals surface area contributed by atoms with E-state index < -0.39 is 0 Å². The van der Waals surface area contributed by atoms with Gasteiger partial charge in [0.25, 0.3) is 5.91 Å². The number of methoxy groups -OCH3 is 1. The van der Waals surface area contributed by atoms with Crippen molar-refractivity contribution in [1.29, 1.82) is 0 Å². The third-order valence-electron chi connectivity index (χ3n) is 5.90. The highest BCUT2D eigenvalue weighted by atomic mass is 32.2. The van der Waals surface area contributed by atoms with Gasteiger partial charge in [0.1, 0.15) is 11.6 Å². The van der Waals surface area contributed by atoms with Crippen LogP contribution in [0.2, 0.25) is 0 Å². The average molecular weight is 480 g/mol. The molecule has 0 saturated heterocycles. The van der Waals surface area contributed by atoms with E-state index in [0.29, 0.717) is 27.8 Å². The first-order valence-corrected chi connectivity index (χ1v) is 12.5. The molecule has 3 N–H and O–H groups in total. The fraction of sp³-hybridized carbons (Fsp3) is 0.360. The van der Waals surface area contributed by atoms with Crippen molar-refractivity contribution in [1.82, 2.24) is 15.2 Å². The van der Waals surface area contributed by atoms with Crippen LogP contribution in [0, 0.1) is 5.92 Å². The zero-order valence-corrected chi connectivity index (χ0v) is 20.0. The second-order valence-electron chi connectivity index (χ2n) is 8.32. The maximum absolute atomic E-state index is 12.8. The van der Waals surface area contributed by atoms with E-state index in [-0.39, 0.29) is 17.6 Å². The third-order valence-corrected chi connectivity index (χ3v) is 6.75. The van der Waals surface area contributed by atoms with Gasteiger partial charge >= 0.3 is 0 Å². The monoisotopic (exact) mass is 479 g/mol. The zero-order valence-electron chi connectivity index (χ0n) is 19.2. The summed E-state index contributed by atoms with van der Waals surface area (Å²) in [5.41, 5.74) is 1.46. The summed E-state index contributed by atoms with van der Waals surface area (Å²) in [5.74, 6) is 1.98. The van der Waals surface area contributed by atoms with Crippen molar-refractivity contribution in [2.24, 2.45) is 5.92 Å². The highest BCUT2D eigenvalue weighted by Gasteiger charge is 2.17. The van der Waals surface area contributed by atoms with Gasteiger partial charge < -0.3 is 15.4 Å². The summed E-state index contributed by atoms with van der Waals surface area (Å²) in [5, 5.41) is 13.4. The van der Waals surface area contributed by atoms with Crippen LogP contribution < -0.4 is 15.4 Å². The third kappa shape index (κ3) is 6.60. The maximum Gasteiger partial charge on any atom is 0.257 e. The molecule has 3 aromatic rings. The molecule has 0 unspecified atom stereocenters. The van der Waals surface area contributed by atoms with Crippen molar-refractivity contribution >= 4 is 35.0 Å². The molecule has 1 aromatic heterocycles. The summed E-state index contributed by atoms with van der Waals surface area (Å²) in [6, 6.07) is 14.0. The van der Waals surface area contributed by atoms with Crippen LogP contribution in [0.3, 0.4) is 0 Å². The predicted octanol–water partition coefficient (Wildman–Crippen LogP) is 4.92. The standard InChI is InChI=1S/C25H29N5O3S/c1-33-19-13-11-18(12-14-19)26-24(32)20-8-4-5-9-21(20)27-23(31)16-34-25-28-22(29-30-25)15-10-17-6-2-3-7-17/h4-5,8-9,11-14,17H,2-3,6-7,10,15-16H2,1H3,(H,26,32)(H,27,31)(H,28,29,30). The van der Waals surface area contributed by atoms with Gasteiger partial charge in [-0.15, -0.1) is 5.10 Å². The largest absolute Gasteiger partial charge is 0.497 e. The van der Waals surface area contributed by atoms with Gasteiger partial charge in [0.2, 0.25) is 11.1 Å². The van der Waals surface area contributed by atoms with Gasteiger partial charge in [0.05, 0.1) is 24.1 Å². The molecule has 1 saturated carbocycles. The number of ether oxygens (including phenoxy) is 1. The Labute approximate surface area is 203 Å². The number of aromatic amines is 1. The van der Waals surface area contributed by atoms with Crippen LogP contribution in [0.5, 0.6) is 5.75 Å². The van der Waals surface area contributed by atoms with Crippen molar-refractivity contribution < 1.29 is 14.3 Å². The Hall–Kier alpha value is -3.33. The lowest BCUT2D eigenvalue weighted by Crippen LogP contribution is -2.19. The zero-order chi connectivity index (χ0) is 23.8. The van der Waals surface area contributed by atoms with Gasteiger partial charge in [0.15, 0.2) is 0 Å². The summed E-state index contributed by atoms with van der Waals surface area (Å²) in [6.45, 7) is 0. The lowest BCUT2D eigenvalue weighted by molar-refractivity contribution is -0.113. The van der Waals surface area contributed by atoms with E-state index in [1.54, 1.807) is 55.6 Å². The SMILES string of the molecule is COc1ccc(NC(=O)c2ccccc2NC(=O)CSc2n[nH]c(CCC3CCCC3)n2)cc1. The number of para-hydroxylation sites is 1. The second-order valence-corrected chi connectivity index (χ2v) is 9.26. The van der Waals surface area contributed by atoms with Crippen LogP contribution in [-0.4, -0.2) is 39.9 Å². The molecule has 1 fully saturated rings. The molecule has 8 nitrogen and oxygen atoms in total. The lowest BCUT2D eigenvalue weighted by atomic mass is 10.0. The second kappa shape index (κ2) is 11.7.